The monoisotopic (exact) mass is 410 g/mol. The van der Waals surface area contributed by atoms with Crippen molar-refractivity contribution >= 4 is 23.5 Å². The van der Waals surface area contributed by atoms with E-state index in [0.717, 1.165) is 56.1 Å². The molecule has 154 valence electrons. The van der Waals surface area contributed by atoms with Crippen molar-refractivity contribution in [3.05, 3.63) is 52.1 Å². The third kappa shape index (κ3) is 2.90. The van der Waals surface area contributed by atoms with Crippen LogP contribution in [0.15, 0.2) is 41.5 Å². The molecule has 1 aromatic carbocycles. The van der Waals surface area contributed by atoms with Gasteiger partial charge in [0.25, 0.3) is 0 Å². The number of aliphatic hydroxyl groups excluding tert-OH is 1. The SMILES string of the molecule is C[C@]12CC[C@H](O)CC1=CC[C@@H]1[C@@H]2CC[C@]2(C)C(=O)/C(=C/c3ccccc3Cl)C[C@@H]12. The Hall–Kier alpha value is -1.38. The lowest BCUT2D eigenvalue weighted by atomic mass is 9.48. The number of hydrogen-bond acceptors (Lipinski definition) is 2. The maximum atomic E-state index is 13.5. The summed E-state index contributed by atoms with van der Waals surface area (Å²) in [4.78, 5) is 13.5. The van der Waals surface area contributed by atoms with Crippen LogP contribution in [0.2, 0.25) is 5.02 Å². The number of rotatable bonds is 1. The molecule has 1 aromatic rings. The second-order valence-electron chi connectivity index (χ2n) is 10.3. The Morgan fingerprint density at radius 3 is 2.62 bits per heavy atom. The lowest BCUT2D eigenvalue weighted by Gasteiger charge is -2.56. The standard InChI is InChI=1S/C26H31ClO2/c1-25-11-9-19(28)15-18(25)7-8-20-21(25)10-12-26(2)22(20)14-17(24(26)29)13-16-5-3-4-6-23(16)27/h3-7,13,19-22,28H,8-12,14-15H2,1-2H3/b17-13+/t19-,20+,21-,22-,25-,26-/m0/s1. The number of fused-ring (bicyclic) bond motifs is 5. The normalized spacial score (nSPS) is 42.8. The minimum absolute atomic E-state index is 0.169. The molecule has 3 fully saturated rings. The molecule has 5 rings (SSSR count). The van der Waals surface area contributed by atoms with Crippen LogP contribution in [0.4, 0.5) is 0 Å². The van der Waals surface area contributed by atoms with Crippen molar-refractivity contribution in [1.29, 1.82) is 0 Å². The van der Waals surface area contributed by atoms with Crippen LogP contribution in [-0.4, -0.2) is 17.0 Å². The van der Waals surface area contributed by atoms with E-state index < -0.39 is 0 Å². The molecule has 3 saturated carbocycles. The van der Waals surface area contributed by atoms with E-state index in [0.29, 0.717) is 28.6 Å². The predicted octanol–water partition coefficient (Wildman–Crippen LogP) is 6.23. The van der Waals surface area contributed by atoms with Gasteiger partial charge in [-0.2, -0.15) is 0 Å². The maximum Gasteiger partial charge on any atom is 0.165 e. The van der Waals surface area contributed by atoms with Gasteiger partial charge in [-0.25, -0.2) is 0 Å². The topological polar surface area (TPSA) is 37.3 Å². The highest BCUT2D eigenvalue weighted by Crippen LogP contribution is 2.64. The fourth-order valence-corrected chi connectivity index (χ4v) is 7.41. The van der Waals surface area contributed by atoms with Crippen LogP contribution in [0.5, 0.6) is 0 Å². The molecular formula is C26H31ClO2. The zero-order valence-electron chi connectivity index (χ0n) is 17.5. The second-order valence-corrected chi connectivity index (χ2v) is 10.7. The zero-order valence-corrected chi connectivity index (χ0v) is 18.2. The fourth-order valence-electron chi connectivity index (χ4n) is 7.22. The number of ketones is 1. The van der Waals surface area contributed by atoms with Gasteiger partial charge in [-0.15, -0.1) is 0 Å². The van der Waals surface area contributed by atoms with E-state index in [1.807, 2.05) is 30.3 Å². The number of carbonyl (C=O) groups is 1. The van der Waals surface area contributed by atoms with Crippen molar-refractivity contribution in [3.63, 3.8) is 0 Å². The van der Waals surface area contributed by atoms with E-state index >= 15 is 0 Å². The molecular weight excluding hydrogens is 380 g/mol. The molecule has 0 unspecified atom stereocenters. The molecule has 29 heavy (non-hydrogen) atoms. The number of allylic oxidation sites excluding steroid dienone is 2. The summed E-state index contributed by atoms with van der Waals surface area (Å²) in [6, 6.07) is 7.80. The van der Waals surface area contributed by atoms with Crippen molar-refractivity contribution in [1.82, 2.24) is 0 Å². The molecule has 0 spiro atoms. The number of Topliss-reactive ketones (excluding diaryl/α,β-unsaturated/α-hetero) is 1. The summed E-state index contributed by atoms with van der Waals surface area (Å²) in [5.41, 5.74) is 3.38. The lowest BCUT2D eigenvalue weighted by Crippen LogP contribution is -2.50. The van der Waals surface area contributed by atoms with Crippen molar-refractivity contribution in [2.45, 2.75) is 64.9 Å². The average Bonchev–Trinajstić information content (AvgIpc) is 2.95. The van der Waals surface area contributed by atoms with Crippen LogP contribution in [0, 0.1) is 28.6 Å². The van der Waals surface area contributed by atoms with Crippen LogP contribution < -0.4 is 0 Å². The second kappa shape index (κ2) is 6.82. The Morgan fingerprint density at radius 1 is 1.07 bits per heavy atom. The van der Waals surface area contributed by atoms with Crippen LogP contribution in [0.1, 0.15) is 64.4 Å². The Balaban J connectivity index is 1.49. The van der Waals surface area contributed by atoms with E-state index in [9.17, 15) is 9.90 Å². The molecule has 0 aromatic heterocycles. The highest BCUT2D eigenvalue weighted by molar-refractivity contribution is 6.32. The summed E-state index contributed by atoms with van der Waals surface area (Å²) in [5, 5.41) is 10.9. The van der Waals surface area contributed by atoms with Gasteiger partial charge >= 0.3 is 0 Å². The molecule has 0 amide bonds. The minimum Gasteiger partial charge on any atom is -0.393 e. The third-order valence-corrected chi connectivity index (χ3v) is 9.30. The van der Waals surface area contributed by atoms with Crippen LogP contribution >= 0.6 is 11.6 Å². The summed E-state index contributed by atoms with van der Waals surface area (Å²) < 4.78 is 0. The van der Waals surface area contributed by atoms with Gasteiger partial charge in [0.15, 0.2) is 5.78 Å². The van der Waals surface area contributed by atoms with E-state index in [1.54, 1.807) is 0 Å². The molecule has 0 heterocycles. The molecule has 1 N–H and O–H groups in total. The van der Waals surface area contributed by atoms with Crippen molar-refractivity contribution in [2.24, 2.45) is 28.6 Å². The van der Waals surface area contributed by atoms with Crippen molar-refractivity contribution in [2.75, 3.05) is 0 Å². The van der Waals surface area contributed by atoms with E-state index in [-0.39, 0.29) is 16.9 Å². The van der Waals surface area contributed by atoms with Crippen molar-refractivity contribution in [3.8, 4) is 0 Å². The molecule has 6 atom stereocenters. The summed E-state index contributed by atoms with van der Waals surface area (Å²) in [6.07, 6.45) is 11.2. The van der Waals surface area contributed by atoms with Gasteiger partial charge in [0, 0.05) is 10.4 Å². The Labute approximate surface area is 179 Å². The summed E-state index contributed by atoms with van der Waals surface area (Å²) >= 11 is 6.37. The average molecular weight is 411 g/mol. The molecule has 3 heteroatoms. The molecule has 4 aliphatic carbocycles. The largest absolute Gasteiger partial charge is 0.393 e. The first-order valence-electron chi connectivity index (χ1n) is 11.2. The third-order valence-electron chi connectivity index (χ3n) is 8.95. The van der Waals surface area contributed by atoms with Gasteiger partial charge in [0.2, 0.25) is 0 Å². The number of benzene rings is 1. The molecule has 0 bridgehead atoms. The first-order chi connectivity index (χ1) is 13.8. The highest BCUT2D eigenvalue weighted by atomic mass is 35.5. The van der Waals surface area contributed by atoms with Gasteiger partial charge in [-0.3, -0.25) is 4.79 Å². The minimum atomic E-state index is -0.232. The Bertz CT molecular complexity index is 915. The predicted molar refractivity (Wildman–Crippen MR) is 118 cm³/mol. The molecule has 4 aliphatic rings. The molecule has 2 nitrogen and oxygen atoms in total. The Kier molecular flexibility index (Phi) is 4.60. The zero-order chi connectivity index (χ0) is 20.4. The molecule has 0 aliphatic heterocycles. The highest BCUT2D eigenvalue weighted by Gasteiger charge is 2.59. The van der Waals surface area contributed by atoms with Gasteiger partial charge in [0.05, 0.1) is 6.10 Å². The number of hydrogen-bond donors (Lipinski definition) is 1. The van der Waals surface area contributed by atoms with Crippen molar-refractivity contribution < 1.29 is 9.90 Å². The van der Waals surface area contributed by atoms with Gasteiger partial charge in [-0.05, 0) is 91.4 Å². The molecule has 0 saturated heterocycles. The maximum absolute atomic E-state index is 13.5. The summed E-state index contributed by atoms with van der Waals surface area (Å²) in [6.45, 7) is 4.65. The quantitative estimate of drug-likeness (QED) is 0.440. The summed E-state index contributed by atoms with van der Waals surface area (Å²) in [7, 11) is 0. The number of aliphatic hydroxyl groups is 1. The van der Waals surface area contributed by atoms with E-state index in [4.69, 9.17) is 11.6 Å². The Morgan fingerprint density at radius 2 is 1.83 bits per heavy atom. The van der Waals surface area contributed by atoms with Gasteiger partial charge in [0.1, 0.15) is 0 Å². The summed E-state index contributed by atoms with van der Waals surface area (Å²) in [5.74, 6) is 1.98. The smallest absolute Gasteiger partial charge is 0.165 e. The fraction of sp³-hybridized carbons (Fsp3) is 0.577. The number of halogens is 1. The van der Waals surface area contributed by atoms with Gasteiger partial charge < -0.3 is 5.11 Å². The number of carbonyl (C=O) groups excluding carboxylic acids is 1. The first kappa shape index (κ1) is 19.6. The first-order valence-corrected chi connectivity index (χ1v) is 11.6. The van der Waals surface area contributed by atoms with Crippen LogP contribution in [0.3, 0.4) is 0 Å². The van der Waals surface area contributed by atoms with Crippen LogP contribution in [-0.2, 0) is 4.79 Å². The van der Waals surface area contributed by atoms with E-state index in [1.165, 1.54) is 5.57 Å². The van der Waals surface area contributed by atoms with Crippen LogP contribution in [0.25, 0.3) is 6.08 Å². The molecule has 0 radical (unpaired) electrons. The van der Waals surface area contributed by atoms with E-state index in [2.05, 4.69) is 19.9 Å². The van der Waals surface area contributed by atoms with Gasteiger partial charge in [-0.1, -0.05) is 55.3 Å². The lowest BCUT2D eigenvalue weighted by molar-refractivity contribution is -0.130.